The molecule has 2 rings (SSSR count). The van der Waals surface area contributed by atoms with Gasteiger partial charge in [-0.15, -0.1) is 0 Å². The standard InChI is InChI=1S/C16H15N3O6/c1-3-14(20)13-9-12(16(22)25-4-2)15(21)18(17-13)10-5-7-11(8-6-10)19(23)24/h5-9H,3-4H2,1-2H3. The summed E-state index contributed by atoms with van der Waals surface area (Å²) >= 11 is 0. The van der Waals surface area contributed by atoms with Crippen molar-refractivity contribution in [3.63, 3.8) is 0 Å². The van der Waals surface area contributed by atoms with Crippen molar-refractivity contribution in [2.75, 3.05) is 6.61 Å². The zero-order valence-electron chi connectivity index (χ0n) is 13.6. The van der Waals surface area contributed by atoms with Crippen molar-refractivity contribution >= 4 is 17.4 Å². The van der Waals surface area contributed by atoms with Crippen LogP contribution in [0.2, 0.25) is 0 Å². The predicted octanol–water partition coefficient (Wildman–Crippen LogP) is 1.91. The molecule has 0 unspecified atom stereocenters. The van der Waals surface area contributed by atoms with Crippen molar-refractivity contribution in [2.45, 2.75) is 20.3 Å². The van der Waals surface area contributed by atoms with Gasteiger partial charge >= 0.3 is 5.97 Å². The summed E-state index contributed by atoms with van der Waals surface area (Å²) < 4.78 is 5.70. The fourth-order valence-electron chi connectivity index (χ4n) is 2.06. The summed E-state index contributed by atoms with van der Waals surface area (Å²) in [5, 5.41) is 14.7. The van der Waals surface area contributed by atoms with E-state index in [1.54, 1.807) is 13.8 Å². The van der Waals surface area contributed by atoms with Gasteiger partial charge in [0.05, 0.1) is 17.2 Å². The quantitative estimate of drug-likeness (QED) is 0.339. The first-order valence-corrected chi connectivity index (χ1v) is 7.48. The van der Waals surface area contributed by atoms with Gasteiger partial charge in [0.25, 0.3) is 11.2 Å². The second kappa shape index (κ2) is 7.47. The number of rotatable bonds is 6. The number of carbonyl (C=O) groups excluding carboxylic acids is 2. The fraction of sp³-hybridized carbons (Fsp3) is 0.250. The number of Topliss-reactive ketones (excluding diaryl/α,β-unsaturated/α-hetero) is 1. The smallest absolute Gasteiger partial charge is 0.343 e. The highest BCUT2D eigenvalue weighted by molar-refractivity contribution is 5.97. The summed E-state index contributed by atoms with van der Waals surface area (Å²) in [7, 11) is 0. The summed E-state index contributed by atoms with van der Waals surface area (Å²) in [5.74, 6) is -1.23. The number of hydrogen-bond acceptors (Lipinski definition) is 7. The molecule has 0 amide bonds. The number of nitro benzene ring substituents is 1. The SMILES string of the molecule is CCOC(=O)c1cc(C(=O)CC)nn(-c2ccc([N+](=O)[O-])cc2)c1=O. The average molecular weight is 345 g/mol. The summed E-state index contributed by atoms with van der Waals surface area (Å²) in [6, 6.07) is 6.11. The van der Waals surface area contributed by atoms with Gasteiger partial charge in [-0.05, 0) is 25.1 Å². The van der Waals surface area contributed by atoms with Gasteiger partial charge in [0.15, 0.2) is 5.78 Å². The van der Waals surface area contributed by atoms with Crippen molar-refractivity contribution in [1.29, 1.82) is 0 Å². The van der Waals surface area contributed by atoms with Gasteiger partial charge in [-0.25, -0.2) is 4.79 Å². The van der Waals surface area contributed by atoms with Gasteiger partial charge in [0.1, 0.15) is 11.3 Å². The highest BCUT2D eigenvalue weighted by Crippen LogP contribution is 2.14. The van der Waals surface area contributed by atoms with Crippen molar-refractivity contribution in [3.8, 4) is 5.69 Å². The number of nitrogens with zero attached hydrogens (tertiary/aromatic N) is 3. The van der Waals surface area contributed by atoms with Crippen LogP contribution < -0.4 is 5.56 Å². The molecule has 2 aromatic rings. The molecule has 0 aliphatic carbocycles. The third kappa shape index (κ3) is 3.77. The maximum Gasteiger partial charge on any atom is 0.343 e. The van der Waals surface area contributed by atoms with E-state index in [1.165, 1.54) is 24.3 Å². The Kier molecular flexibility index (Phi) is 5.38. The predicted molar refractivity (Wildman–Crippen MR) is 87.1 cm³/mol. The fourth-order valence-corrected chi connectivity index (χ4v) is 2.06. The summed E-state index contributed by atoms with van der Waals surface area (Å²) in [6.45, 7) is 3.27. The van der Waals surface area contributed by atoms with Crippen LogP contribution in [-0.4, -0.2) is 33.1 Å². The van der Waals surface area contributed by atoms with Gasteiger partial charge in [-0.3, -0.25) is 19.7 Å². The largest absolute Gasteiger partial charge is 0.462 e. The monoisotopic (exact) mass is 345 g/mol. The van der Waals surface area contributed by atoms with Gasteiger partial charge in [-0.1, -0.05) is 6.92 Å². The molecule has 0 fully saturated rings. The van der Waals surface area contributed by atoms with Gasteiger partial charge in [-0.2, -0.15) is 9.78 Å². The second-order valence-electron chi connectivity index (χ2n) is 4.93. The van der Waals surface area contributed by atoms with Gasteiger partial charge in [0.2, 0.25) is 0 Å². The number of esters is 1. The third-order valence-corrected chi connectivity index (χ3v) is 3.32. The number of ether oxygens (including phenoxy) is 1. The Morgan fingerprint density at radius 2 is 1.88 bits per heavy atom. The Bertz CT molecular complexity index is 886. The Hall–Kier alpha value is -3.36. The average Bonchev–Trinajstić information content (AvgIpc) is 2.61. The second-order valence-corrected chi connectivity index (χ2v) is 4.93. The van der Waals surface area contributed by atoms with Crippen LogP contribution in [0, 0.1) is 10.1 Å². The Balaban J connectivity index is 2.64. The molecule has 1 aromatic carbocycles. The first-order chi connectivity index (χ1) is 11.9. The number of non-ortho nitro benzene ring substituents is 1. The maximum absolute atomic E-state index is 12.5. The van der Waals surface area contributed by atoms with E-state index >= 15 is 0 Å². The molecule has 0 saturated heterocycles. The molecule has 0 atom stereocenters. The normalized spacial score (nSPS) is 10.3. The van der Waals surface area contributed by atoms with E-state index in [0.717, 1.165) is 10.7 Å². The Labute approximate surface area is 142 Å². The zero-order valence-corrected chi connectivity index (χ0v) is 13.6. The van der Waals surface area contributed by atoms with Crippen molar-refractivity contribution in [1.82, 2.24) is 9.78 Å². The molecule has 0 bridgehead atoms. The molecule has 25 heavy (non-hydrogen) atoms. The van der Waals surface area contributed by atoms with E-state index in [-0.39, 0.29) is 41.4 Å². The van der Waals surface area contributed by atoms with Crippen molar-refractivity contribution < 1.29 is 19.2 Å². The van der Waals surface area contributed by atoms with E-state index < -0.39 is 16.5 Å². The Morgan fingerprint density at radius 3 is 2.40 bits per heavy atom. The lowest BCUT2D eigenvalue weighted by Crippen LogP contribution is -2.30. The molecular weight excluding hydrogens is 330 g/mol. The minimum atomic E-state index is -0.865. The van der Waals surface area contributed by atoms with Crippen LogP contribution in [0.3, 0.4) is 0 Å². The molecule has 0 N–H and O–H groups in total. The minimum absolute atomic E-state index is 0.0647. The van der Waals surface area contributed by atoms with Crippen LogP contribution in [0.1, 0.15) is 41.1 Å². The first kappa shape index (κ1) is 18.0. The lowest BCUT2D eigenvalue weighted by Gasteiger charge is -2.09. The Morgan fingerprint density at radius 1 is 1.24 bits per heavy atom. The van der Waals surface area contributed by atoms with Crippen LogP contribution in [0.15, 0.2) is 35.1 Å². The molecule has 0 spiro atoms. The van der Waals surface area contributed by atoms with Crippen LogP contribution in [0.25, 0.3) is 5.69 Å². The molecule has 0 radical (unpaired) electrons. The number of ketones is 1. The van der Waals surface area contributed by atoms with Crippen LogP contribution >= 0.6 is 0 Å². The van der Waals surface area contributed by atoms with Crippen LogP contribution in [0.5, 0.6) is 0 Å². The molecule has 130 valence electrons. The number of benzene rings is 1. The van der Waals surface area contributed by atoms with E-state index in [1.807, 2.05) is 0 Å². The summed E-state index contributed by atoms with van der Waals surface area (Å²) in [6.07, 6.45) is 0.133. The lowest BCUT2D eigenvalue weighted by atomic mass is 10.1. The third-order valence-electron chi connectivity index (χ3n) is 3.32. The highest BCUT2D eigenvalue weighted by atomic mass is 16.6. The van der Waals surface area contributed by atoms with Gasteiger partial charge < -0.3 is 4.74 Å². The summed E-state index contributed by atoms with van der Waals surface area (Å²) in [5.41, 5.74) is -1.15. The lowest BCUT2D eigenvalue weighted by molar-refractivity contribution is -0.384. The molecule has 1 heterocycles. The number of carbonyl (C=O) groups is 2. The van der Waals surface area contributed by atoms with E-state index in [9.17, 15) is 24.5 Å². The number of nitro groups is 1. The zero-order chi connectivity index (χ0) is 18.6. The first-order valence-electron chi connectivity index (χ1n) is 7.48. The van der Waals surface area contributed by atoms with Crippen LogP contribution in [-0.2, 0) is 4.74 Å². The molecule has 0 aliphatic rings. The molecule has 9 nitrogen and oxygen atoms in total. The van der Waals surface area contributed by atoms with Crippen molar-refractivity contribution in [2.24, 2.45) is 0 Å². The van der Waals surface area contributed by atoms with E-state index in [4.69, 9.17) is 4.74 Å². The highest BCUT2D eigenvalue weighted by Gasteiger charge is 2.20. The molecule has 0 aliphatic heterocycles. The van der Waals surface area contributed by atoms with Gasteiger partial charge in [0, 0.05) is 18.6 Å². The number of hydrogen-bond donors (Lipinski definition) is 0. The minimum Gasteiger partial charge on any atom is -0.462 e. The maximum atomic E-state index is 12.5. The molecular formula is C16H15N3O6. The van der Waals surface area contributed by atoms with Crippen LogP contribution in [0.4, 0.5) is 5.69 Å². The van der Waals surface area contributed by atoms with E-state index in [0.29, 0.717) is 0 Å². The number of aromatic nitrogens is 2. The van der Waals surface area contributed by atoms with E-state index in [2.05, 4.69) is 5.10 Å². The van der Waals surface area contributed by atoms with Crippen molar-refractivity contribution in [3.05, 3.63) is 62.1 Å². The molecule has 9 heteroatoms. The molecule has 1 aromatic heterocycles. The summed E-state index contributed by atoms with van der Waals surface area (Å²) in [4.78, 5) is 46.6. The molecule has 0 saturated carbocycles. The topological polar surface area (TPSA) is 121 Å².